The molecule has 1 aliphatic rings. The minimum absolute atomic E-state index is 0.0297. The number of aryl methyl sites for hydroxylation is 2. The van der Waals surface area contributed by atoms with Crippen LogP contribution in [0.3, 0.4) is 0 Å². The van der Waals surface area contributed by atoms with Gasteiger partial charge in [0.05, 0.1) is 28.0 Å². The molecule has 90 valence electrons. The number of benzene rings is 1. The van der Waals surface area contributed by atoms with Crippen molar-refractivity contribution in [2.24, 2.45) is 5.92 Å². The Bertz CT molecular complexity index is 489. The first-order chi connectivity index (χ1) is 8.13. The van der Waals surface area contributed by atoms with Crippen LogP contribution in [-0.2, 0) is 10.8 Å². The summed E-state index contributed by atoms with van der Waals surface area (Å²) in [5, 5.41) is 9.08. The Morgan fingerprint density at radius 2 is 2.06 bits per heavy atom. The summed E-state index contributed by atoms with van der Waals surface area (Å²) < 4.78 is 12.4. The summed E-state index contributed by atoms with van der Waals surface area (Å²) >= 11 is 0. The SMILES string of the molecule is Cc1ccc(S(=O)C2CCCC2C#N)cc1C. The summed E-state index contributed by atoms with van der Waals surface area (Å²) in [6, 6.07) is 8.24. The molecule has 1 aromatic carbocycles. The third kappa shape index (κ3) is 2.42. The number of hydrogen-bond acceptors (Lipinski definition) is 2. The molecule has 0 spiro atoms. The van der Waals surface area contributed by atoms with Crippen LogP contribution < -0.4 is 0 Å². The van der Waals surface area contributed by atoms with Crippen molar-refractivity contribution in [3.05, 3.63) is 29.3 Å². The van der Waals surface area contributed by atoms with Gasteiger partial charge in [0.25, 0.3) is 0 Å². The van der Waals surface area contributed by atoms with Gasteiger partial charge in [-0.15, -0.1) is 0 Å². The lowest BCUT2D eigenvalue weighted by Gasteiger charge is -2.14. The maximum atomic E-state index is 12.4. The van der Waals surface area contributed by atoms with Crippen LogP contribution in [0.5, 0.6) is 0 Å². The van der Waals surface area contributed by atoms with Crippen LogP contribution in [-0.4, -0.2) is 9.46 Å². The molecule has 2 rings (SSSR count). The molecule has 0 amide bonds. The number of hydrogen-bond donors (Lipinski definition) is 0. The fourth-order valence-electron chi connectivity index (χ4n) is 2.34. The van der Waals surface area contributed by atoms with Gasteiger partial charge in [-0.3, -0.25) is 4.21 Å². The van der Waals surface area contributed by atoms with E-state index in [-0.39, 0.29) is 11.2 Å². The Morgan fingerprint density at radius 3 is 2.71 bits per heavy atom. The average molecular weight is 247 g/mol. The highest BCUT2D eigenvalue weighted by Crippen LogP contribution is 2.32. The van der Waals surface area contributed by atoms with E-state index in [0.717, 1.165) is 24.2 Å². The number of nitrogens with zero attached hydrogens (tertiary/aromatic N) is 1. The Balaban J connectivity index is 2.25. The van der Waals surface area contributed by atoms with Gasteiger partial charge < -0.3 is 0 Å². The van der Waals surface area contributed by atoms with Gasteiger partial charge in [-0.1, -0.05) is 12.5 Å². The van der Waals surface area contributed by atoms with Crippen molar-refractivity contribution < 1.29 is 4.21 Å². The first kappa shape index (κ1) is 12.3. The standard InChI is InChI=1S/C14H17NOS/c1-10-6-7-13(8-11(10)2)17(16)14-5-3-4-12(14)9-15/h6-8,12,14H,3-5H2,1-2H3. The zero-order valence-corrected chi connectivity index (χ0v) is 11.1. The fraction of sp³-hybridized carbons (Fsp3) is 0.500. The van der Waals surface area contributed by atoms with Crippen LogP contribution in [0, 0.1) is 31.1 Å². The molecule has 0 radical (unpaired) electrons. The van der Waals surface area contributed by atoms with E-state index < -0.39 is 10.8 Å². The average Bonchev–Trinajstić information content (AvgIpc) is 2.80. The molecular weight excluding hydrogens is 230 g/mol. The van der Waals surface area contributed by atoms with Crippen LogP contribution in [0.15, 0.2) is 23.1 Å². The van der Waals surface area contributed by atoms with Gasteiger partial charge in [-0.05, 0) is 49.9 Å². The minimum atomic E-state index is -1.03. The molecule has 1 aromatic rings. The molecule has 0 heterocycles. The van der Waals surface area contributed by atoms with Crippen molar-refractivity contribution in [2.45, 2.75) is 43.3 Å². The van der Waals surface area contributed by atoms with E-state index in [1.165, 1.54) is 11.1 Å². The molecule has 0 saturated heterocycles. The Labute approximate surface area is 105 Å². The van der Waals surface area contributed by atoms with Crippen LogP contribution in [0.4, 0.5) is 0 Å². The first-order valence-electron chi connectivity index (χ1n) is 6.01. The van der Waals surface area contributed by atoms with Crippen molar-refractivity contribution in [2.75, 3.05) is 0 Å². The number of rotatable bonds is 2. The molecule has 3 heteroatoms. The summed E-state index contributed by atoms with van der Waals surface area (Å²) in [6.07, 6.45) is 2.84. The quantitative estimate of drug-likeness (QED) is 0.805. The van der Waals surface area contributed by atoms with E-state index in [0.29, 0.717) is 0 Å². The highest BCUT2D eigenvalue weighted by atomic mass is 32.2. The van der Waals surface area contributed by atoms with Gasteiger partial charge in [0, 0.05) is 4.90 Å². The Kier molecular flexibility index (Phi) is 3.63. The van der Waals surface area contributed by atoms with Crippen molar-refractivity contribution in [3.8, 4) is 6.07 Å². The zero-order chi connectivity index (χ0) is 12.4. The minimum Gasteiger partial charge on any atom is -0.254 e. The zero-order valence-electron chi connectivity index (χ0n) is 10.3. The molecule has 1 fully saturated rings. The van der Waals surface area contributed by atoms with E-state index >= 15 is 0 Å². The normalized spacial score (nSPS) is 25.5. The molecule has 2 nitrogen and oxygen atoms in total. The van der Waals surface area contributed by atoms with E-state index in [9.17, 15) is 4.21 Å². The van der Waals surface area contributed by atoms with E-state index in [4.69, 9.17) is 5.26 Å². The second-order valence-electron chi connectivity index (χ2n) is 4.75. The summed E-state index contributed by atoms with van der Waals surface area (Å²) in [6.45, 7) is 4.09. The summed E-state index contributed by atoms with van der Waals surface area (Å²) in [4.78, 5) is 0.875. The van der Waals surface area contributed by atoms with Crippen molar-refractivity contribution in [1.82, 2.24) is 0 Å². The Hall–Kier alpha value is -1.14. The molecule has 1 saturated carbocycles. The third-order valence-electron chi connectivity index (χ3n) is 3.60. The highest BCUT2D eigenvalue weighted by Gasteiger charge is 2.32. The van der Waals surface area contributed by atoms with Gasteiger partial charge in [0.15, 0.2) is 0 Å². The predicted octanol–water partition coefficient (Wildman–Crippen LogP) is 3.10. The molecule has 1 aliphatic carbocycles. The van der Waals surface area contributed by atoms with Gasteiger partial charge in [-0.2, -0.15) is 5.26 Å². The second kappa shape index (κ2) is 5.01. The van der Waals surface area contributed by atoms with Crippen molar-refractivity contribution in [1.29, 1.82) is 5.26 Å². The maximum absolute atomic E-state index is 12.4. The van der Waals surface area contributed by atoms with Crippen LogP contribution in [0.1, 0.15) is 30.4 Å². The largest absolute Gasteiger partial charge is 0.254 e. The van der Waals surface area contributed by atoms with Crippen LogP contribution >= 0.6 is 0 Å². The number of nitriles is 1. The molecular formula is C14H17NOS. The molecule has 0 bridgehead atoms. The topological polar surface area (TPSA) is 40.9 Å². The molecule has 0 aromatic heterocycles. The summed E-state index contributed by atoms with van der Waals surface area (Å²) in [5.41, 5.74) is 2.39. The highest BCUT2D eigenvalue weighted by molar-refractivity contribution is 7.85. The van der Waals surface area contributed by atoms with Crippen LogP contribution in [0.2, 0.25) is 0 Å². The lowest BCUT2D eigenvalue weighted by molar-refractivity contribution is 0.645. The van der Waals surface area contributed by atoms with Gasteiger partial charge in [0.1, 0.15) is 0 Å². The molecule has 0 aliphatic heterocycles. The maximum Gasteiger partial charge on any atom is 0.0668 e. The van der Waals surface area contributed by atoms with E-state index in [1.807, 2.05) is 25.1 Å². The lowest BCUT2D eigenvalue weighted by Crippen LogP contribution is -2.19. The van der Waals surface area contributed by atoms with Gasteiger partial charge in [0.2, 0.25) is 0 Å². The third-order valence-corrected chi connectivity index (χ3v) is 5.44. The van der Waals surface area contributed by atoms with Gasteiger partial charge in [-0.25, -0.2) is 0 Å². The molecule has 0 N–H and O–H groups in total. The second-order valence-corrected chi connectivity index (χ2v) is 6.42. The van der Waals surface area contributed by atoms with Gasteiger partial charge >= 0.3 is 0 Å². The lowest BCUT2D eigenvalue weighted by atomic mass is 10.1. The smallest absolute Gasteiger partial charge is 0.0668 e. The van der Waals surface area contributed by atoms with E-state index in [2.05, 4.69) is 13.0 Å². The molecule has 17 heavy (non-hydrogen) atoms. The van der Waals surface area contributed by atoms with Crippen LogP contribution in [0.25, 0.3) is 0 Å². The summed E-state index contributed by atoms with van der Waals surface area (Å²) in [7, 11) is -1.03. The molecule has 3 atom stereocenters. The van der Waals surface area contributed by atoms with Crippen molar-refractivity contribution in [3.63, 3.8) is 0 Å². The molecule has 3 unspecified atom stereocenters. The van der Waals surface area contributed by atoms with Crippen molar-refractivity contribution >= 4 is 10.8 Å². The fourth-order valence-corrected chi connectivity index (χ4v) is 4.06. The Morgan fingerprint density at radius 1 is 1.29 bits per heavy atom. The van der Waals surface area contributed by atoms with E-state index in [1.54, 1.807) is 0 Å². The predicted molar refractivity (Wildman–Crippen MR) is 69.1 cm³/mol. The monoisotopic (exact) mass is 247 g/mol. The first-order valence-corrected chi connectivity index (χ1v) is 7.22. The summed E-state index contributed by atoms with van der Waals surface area (Å²) in [5.74, 6) is -0.0301.